The van der Waals surface area contributed by atoms with Crippen molar-refractivity contribution in [3.8, 4) is 11.5 Å². The summed E-state index contributed by atoms with van der Waals surface area (Å²) in [6, 6.07) is 13.4. The number of carbonyl (C=O) groups is 3. The van der Waals surface area contributed by atoms with E-state index in [1.54, 1.807) is 42.3 Å². The monoisotopic (exact) mass is 439 g/mol. The van der Waals surface area contributed by atoms with Crippen molar-refractivity contribution in [1.82, 2.24) is 10.2 Å². The number of methoxy groups -OCH3 is 1. The maximum absolute atomic E-state index is 12.9. The van der Waals surface area contributed by atoms with Crippen molar-refractivity contribution in [3.05, 3.63) is 54.1 Å². The molecule has 8 nitrogen and oxygen atoms in total. The Labute approximate surface area is 187 Å². The SMILES string of the molecule is COc1ccc(C(CC(=O)N2CCC(C(=O)Nc3ccccc3O)CC2)NC(C)=O)cc1. The Hall–Kier alpha value is -3.55. The quantitative estimate of drug-likeness (QED) is 0.575. The molecule has 0 radical (unpaired) electrons. The number of likely N-dealkylation sites (tertiary alicyclic amines) is 1. The number of phenolic OH excluding ortho intramolecular Hbond substituents is 1. The zero-order valence-electron chi connectivity index (χ0n) is 18.3. The fourth-order valence-corrected chi connectivity index (χ4v) is 3.84. The number of carbonyl (C=O) groups excluding carboxylic acids is 3. The number of hydrogen-bond acceptors (Lipinski definition) is 5. The predicted molar refractivity (Wildman–Crippen MR) is 120 cm³/mol. The molecular formula is C24H29N3O5. The Bertz CT molecular complexity index is 952. The van der Waals surface area contributed by atoms with Crippen LogP contribution >= 0.6 is 0 Å². The van der Waals surface area contributed by atoms with Crippen LogP contribution in [-0.4, -0.2) is 47.9 Å². The molecule has 0 bridgehead atoms. The van der Waals surface area contributed by atoms with E-state index in [4.69, 9.17) is 4.74 Å². The van der Waals surface area contributed by atoms with Gasteiger partial charge in [-0.1, -0.05) is 24.3 Å². The van der Waals surface area contributed by atoms with E-state index in [0.717, 1.165) is 5.56 Å². The molecule has 1 atom stereocenters. The number of aromatic hydroxyl groups is 1. The van der Waals surface area contributed by atoms with E-state index in [1.165, 1.54) is 13.0 Å². The molecule has 170 valence electrons. The zero-order valence-corrected chi connectivity index (χ0v) is 18.3. The topological polar surface area (TPSA) is 108 Å². The molecule has 2 aromatic rings. The molecule has 3 amide bonds. The average molecular weight is 440 g/mol. The Morgan fingerprint density at radius 2 is 1.75 bits per heavy atom. The maximum atomic E-state index is 12.9. The van der Waals surface area contributed by atoms with Crippen molar-refractivity contribution in [2.24, 2.45) is 5.92 Å². The summed E-state index contributed by atoms with van der Waals surface area (Å²) in [4.78, 5) is 38.9. The lowest BCUT2D eigenvalue weighted by molar-refractivity contribution is -0.135. The van der Waals surface area contributed by atoms with Gasteiger partial charge in [-0.15, -0.1) is 0 Å². The minimum absolute atomic E-state index is 0.0241. The molecule has 1 heterocycles. The Morgan fingerprint density at radius 1 is 1.09 bits per heavy atom. The second kappa shape index (κ2) is 10.7. The predicted octanol–water partition coefficient (Wildman–Crippen LogP) is 2.85. The normalized spacial score (nSPS) is 15.0. The van der Waals surface area contributed by atoms with Crippen LogP contribution in [0.4, 0.5) is 5.69 Å². The lowest BCUT2D eigenvalue weighted by Crippen LogP contribution is -2.43. The van der Waals surface area contributed by atoms with Gasteiger partial charge in [0.1, 0.15) is 11.5 Å². The van der Waals surface area contributed by atoms with Gasteiger partial charge >= 0.3 is 0 Å². The molecule has 1 saturated heterocycles. The number of para-hydroxylation sites is 2. The Balaban J connectivity index is 1.56. The molecule has 0 aromatic heterocycles. The standard InChI is InChI=1S/C24H29N3O5/c1-16(28)25-21(17-7-9-19(32-2)10-8-17)15-23(30)27-13-11-18(12-14-27)24(31)26-20-5-3-4-6-22(20)29/h3-10,18,21,29H,11-15H2,1-2H3,(H,25,28)(H,26,31). The molecular weight excluding hydrogens is 410 g/mol. The van der Waals surface area contributed by atoms with E-state index in [-0.39, 0.29) is 35.8 Å². The van der Waals surface area contributed by atoms with E-state index in [1.807, 2.05) is 12.1 Å². The van der Waals surface area contributed by atoms with E-state index >= 15 is 0 Å². The molecule has 1 fully saturated rings. The van der Waals surface area contributed by atoms with Gasteiger partial charge in [-0.25, -0.2) is 0 Å². The number of phenols is 1. The number of amides is 3. The molecule has 3 N–H and O–H groups in total. The first kappa shape index (κ1) is 23.1. The minimum atomic E-state index is -0.437. The second-order valence-corrected chi connectivity index (χ2v) is 7.89. The molecule has 1 aliphatic rings. The fourth-order valence-electron chi connectivity index (χ4n) is 3.84. The van der Waals surface area contributed by atoms with Gasteiger partial charge in [-0.05, 0) is 42.7 Å². The third kappa shape index (κ3) is 6.00. The summed E-state index contributed by atoms with van der Waals surface area (Å²) in [6.07, 6.45) is 1.22. The van der Waals surface area contributed by atoms with Crippen LogP contribution in [0.2, 0.25) is 0 Å². The van der Waals surface area contributed by atoms with Crippen molar-refractivity contribution in [3.63, 3.8) is 0 Å². The highest BCUT2D eigenvalue weighted by molar-refractivity contribution is 5.94. The van der Waals surface area contributed by atoms with Crippen molar-refractivity contribution in [1.29, 1.82) is 0 Å². The maximum Gasteiger partial charge on any atom is 0.227 e. The summed E-state index contributed by atoms with van der Waals surface area (Å²) < 4.78 is 5.17. The largest absolute Gasteiger partial charge is 0.506 e. The van der Waals surface area contributed by atoms with Crippen LogP contribution in [0.3, 0.4) is 0 Å². The highest BCUT2D eigenvalue weighted by Crippen LogP contribution is 2.26. The minimum Gasteiger partial charge on any atom is -0.506 e. The highest BCUT2D eigenvalue weighted by atomic mass is 16.5. The van der Waals surface area contributed by atoms with Crippen LogP contribution in [0, 0.1) is 5.92 Å². The van der Waals surface area contributed by atoms with E-state index in [2.05, 4.69) is 10.6 Å². The Kier molecular flexibility index (Phi) is 7.70. The molecule has 2 aromatic carbocycles. The second-order valence-electron chi connectivity index (χ2n) is 7.89. The number of rotatable bonds is 7. The molecule has 0 aliphatic carbocycles. The lowest BCUT2D eigenvalue weighted by atomic mass is 9.94. The first-order valence-corrected chi connectivity index (χ1v) is 10.6. The number of nitrogens with zero attached hydrogens (tertiary/aromatic N) is 1. The van der Waals surface area contributed by atoms with Crippen molar-refractivity contribution >= 4 is 23.4 Å². The summed E-state index contributed by atoms with van der Waals surface area (Å²) in [5.41, 5.74) is 1.21. The number of ether oxygens (including phenoxy) is 1. The molecule has 32 heavy (non-hydrogen) atoms. The van der Waals surface area contributed by atoms with Gasteiger partial charge < -0.3 is 25.4 Å². The molecule has 1 aliphatic heterocycles. The van der Waals surface area contributed by atoms with Crippen molar-refractivity contribution in [2.45, 2.75) is 32.2 Å². The molecule has 8 heteroatoms. The summed E-state index contributed by atoms with van der Waals surface area (Å²) in [7, 11) is 1.58. The zero-order chi connectivity index (χ0) is 23.1. The van der Waals surface area contributed by atoms with Crippen LogP contribution in [-0.2, 0) is 14.4 Å². The first-order chi connectivity index (χ1) is 15.4. The average Bonchev–Trinajstić information content (AvgIpc) is 2.80. The molecule has 3 rings (SSSR count). The number of anilines is 1. The van der Waals surface area contributed by atoms with Crippen molar-refractivity contribution in [2.75, 3.05) is 25.5 Å². The van der Waals surface area contributed by atoms with E-state index in [0.29, 0.717) is 37.4 Å². The molecule has 1 unspecified atom stereocenters. The molecule has 0 saturated carbocycles. The van der Waals surface area contributed by atoms with Gasteiger partial charge in [0.05, 0.1) is 25.3 Å². The number of benzene rings is 2. The smallest absolute Gasteiger partial charge is 0.227 e. The van der Waals surface area contributed by atoms with Gasteiger partial charge in [0.15, 0.2) is 0 Å². The summed E-state index contributed by atoms with van der Waals surface area (Å²) in [6.45, 7) is 2.36. The number of nitrogens with one attached hydrogen (secondary N) is 2. The summed E-state index contributed by atoms with van der Waals surface area (Å²) in [5.74, 6) is 0.0541. The van der Waals surface area contributed by atoms with Crippen LogP contribution in [0.25, 0.3) is 0 Å². The summed E-state index contributed by atoms with van der Waals surface area (Å²) in [5, 5.41) is 15.4. The van der Waals surface area contributed by atoms with Gasteiger partial charge in [-0.3, -0.25) is 14.4 Å². The lowest BCUT2D eigenvalue weighted by Gasteiger charge is -2.32. The Morgan fingerprint density at radius 3 is 2.34 bits per heavy atom. The van der Waals surface area contributed by atoms with Crippen LogP contribution in [0.5, 0.6) is 11.5 Å². The van der Waals surface area contributed by atoms with Gasteiger partial charge in [0.25, 0.3) is 0 Å². The molecule has 0 spiro atoms. The van der Waals surface area contributed by atoms with E-state index < -0.39 is 6.04 Å². The number of piperidine rings is 1. The van der Waals surface area contributed by atoms with Crippen LogP contribution < -0.4 is 15.4 Å². The number of hydrogen-bond donors (Lipinski definition) is 3. The van der Waals surface area contributed by atoms with Crippen LogP contribution in [0.1, 0.15) is 37.8 Å². The highest BCUT2D eigenvalue weighted by Gasteiger charge is 2.29. The third-order valence-electron chi connectivity index (χ3n) is 5.65. The van der Waals surface area contributed by atoms with Crippen molar-refractivity contribution < 1.29 is 24.2 Å². The van der Waals surface area contributed by atoms with Crippen LogP contribution in [0.15, 0.2) is 48.5 Å². The van der Waals surface area contributed by atoms with Gasteiger partial charge in [-0.2, -0.15) is 0 Å². The van der Waals surface area contributed by atoms with E-state index in [9.17, 15) is 19.5 Å². The van der Waals surface area contributed by atoms with Gasteiger partial charge in [0.2, 0.25) is 17.7 Å². The third-order valence-corrected chi connectivity index (χ3v) is 5.65. The van der Waals surface area contributed by atoms with Gasteiger partial charge in [0, 0.05) is 25.9 Å². The summed E-state index contributed by atoms with van der Waals surface area (Å²) >= 11 is 0. The fraction of sp³-hybridized carbons (Fsp3) is 0.375. The first-order valence-electron chi connectivity index (χ1n) is 10.6.